The van der Waals surface area contributed by atoms with E-state index in [9.17, 15) is 14.7 Å². The van der Waals surface area contributed by atoms with Crippen molar-refractivity contribution in [2.24, 2.45) is 0 Å². The second-order valence-electron chi connectivity index (χ2n) is 6.17. The number of Topliss-reactive ketones (excluding diaryl/α,β-unsaturated/α-hetero) is 1. The SMILES string of the molecule is CCOC[C@H](O)CN1CCN(C(=O)Nc2cccc(C(C)=O)c2)CC1. The third kappa shape index (κ3) is 6.12. The van der Waals surface area contributed by atoms with Gasteiger partial charge in [0.15, 0.2) is 5.78 Å². The summed E-state index contributed by atoms with van der Waals surface area (Å²) in [6.45, 7) is 7.50. The van der Waals surface area contributed by atoms with E-state index in [1.54, 1.807) is 29.2 Å². The summed E-state index contributed by atoms with van der Waals surface area (Å²) < 4.78 is 5.21. The molecule has 7 heteroatoms. The predicted molar refractivity (Wildman–Crippen MR) is 96.0 cm³/mol. The van der Waals surface area contributed by atoms with Crippen molar-refractivity contribution in [1.29, 1.82) is 0 Å². The average molecular weight is 349 g/mol. The molecule has 1 aromatic rings. The lowest BCUT2D eigenvalue weighted by Crippen LogP contribution is -2.51. The van der Waals surface area contributed by atoms with Gasteiger partial charge in [-0.15, -0.1) is 0 Å². The van der Waals surface area contributed by atoms with Gasteiger partial charge in [-0.25, -0.2) is 4.79 Å². The zero-order valence-electron chi connectivity index (χ0n) is 14.9. The molecule has 1 heterocycles. The number of piperazine rings is 1. The average Bonchev–Trinajstić information content (AvgIpc) is 2.60. The number of ether oxygens (including phenoxy) is 1. The van der Waals surface area contributed by atoms with Crippen molar-refractivity contribution in [3.63, 3.8) is 0 Å². The highest BCUT2D eigenvalue weighted by molar-refractivity contribution is 5.96. The Morgan fingerprint density at radius 3 is 2.64 bits per heavy atom. The van der Waals surface area contributed by atoms with Crippen LogP contribution in [-0.2, 0) is 4.74 Å². The first-order valence-electron chi connectivity index (χ1n) is 8.64. The molecule has 1 aliphatic heterocycles. The molecule has 0 radical (unpaired) electrons. The molecule has 1 aliphatic rings. The number of β-amino-alcohol motifs (C(OH)–C–C–N with tert-alkyl or cyclic N) is 1. The molecular weight excluding hydrogens is 322 g/mol. The van der Waals surface area contributed by atoms with Gasteiger partial charge in [-0.05, 0) is 26.0 Å². The van der Waals surface area contributed by atoms with Gasteiger partial charge in [-0.2, -0.15) is 0 Å². The summed E-state index contributed by atoms with van der Waals surface area (Å²) in [6.07, 6.45) is -0.505. The fourth-order valence-corrected chi connectivity index (χ4v) is 2.76. The van der Waals surface area contributed by atoms with E-state index in [4.69, 9.17) is 4.74 Å². The molecule has 7 nitrogen and oxygen atoms in total. The number of hydrogen-bond donors (Lipinski definition) is 2. The second-order valence-corrected chi connectivity index (χ2v) is 6.17. The number of benzene rings is 1. The predicted octanol–water partition coefficient (Wildman–Crippen LogP) is 1.44. The molecule has 1 fully saturated rings. The summed E-state index contributed by atoms with van der Waals surface area (Å²) in [5, 5.41) is 12.7. The van der Waals surface area contributed by atoms with Crippen LogP contribution in [0.15, 0.2) is 24.3 Å². The molecule has 2 N–H and O–H groups in total. The molecule has 2 rings (SSSR count). The van der Waals surface area contributed by atoms with Crippen molar-refractivity contribution in [2.45, 2.75) is 20.0 Å². The van der Waals surface area contributed by atoms with Crippen molar-refractivity contribution < 1.29 is 19.4 Å². The molecule has 1 aromatic carbocycles. The van der Waals surface area contributed by atoms with Crippen LogP contribution in [0.25, 0.3) is 0 Å². The quantitative estimate of drug-likeness (QED) is 0.728. The molecule has 0 aliphatic carbocycles. The van der Waals surface area contributed by atoms with Crippen LogP contribution in [0.1, 0.15) is 24.2 Å². The number of nitrogens with one attached hydrogen (secondary N) is 1. The summed E-state index contributed by atoms with van der Waals surface area (Å²) in [5.74, 6) is -0.0321. The van der Waals surface area contributed by atoms with E-state index in [0.717, 1.165) is 0 Å². The molecular formula is C18H27N3O4. The third-order valence-corrected chi connectivity index (χ3v) is 4.16. The van der Waals surface area contributed by atoms with Crippen molar-refractivity contribution in [2.75, 3.05) is 51.3 Å². The van der Waals surface area contributed by atoms with Gasteiger partial charge in [0, 0.05) is 50.6 Å². The second kappa shape index (κ2) is 9.50. The van der Waals surface area contributed by atoms with E-state index < -0.39 is 6.10 Å². The Balaban J connectivity index is 1.79. The van der Waals surface area contributed by atoms with Crippen LogP contribution in [0.4, 0.5) is 10.5 Å². The van der Waals surface area contributed by atoms with Crippen LogP contribution < -0.4 is 5.32 Å². The maximum absolute atomic E-state index is 12.4. The van der Waals surface area contributed by atoms with Gasteiger partial charge < -0.3 is 20.1 Å². The van der Waals surface area contributed by atoms with Crippen LogP contribution in [0.5, 0.6) is 0 Å². The number of amides is 2. The van der Waals surface area contributed by atoms with Gasteiger partial charge in [0.1, 0.15) is 0 Å². The van der Waals surface area contributed by atoms with E-state index >= 15 is 0 Å². The summed E-state index contributed by atoms with van der Waals surface area (Å²) in [5.41, 5.74) is 1.19. The molecule has 2 amide bonds. The van der Waals surface area contributed by atoms with Crippen LogP contribution in [-0.4, -0.2) is 78.8 Å². The summed E-state index contributed by atoms with van der Waals surface area (Å²) in [7, 11) is 0. The Bertz CT molecular complexity index is 585. The Labute approximate surface area is 148 Å². The van der Waals surface area contributed by atoms with Crippen molar-refractivity contribution in [3.05, 3.63) is 29.8 Å². The maximum atomic E-state index is 12.4. The smallest absolute Gasteiger partial charge is 0.321 e. The number of anilines is 1. The number of urea groups is 1. The van der Waals surface area contributed by atoms with E-state index in [-0.39, 0.29) is 11.8 Å². The molecule has 1 atom stereocenters. The number of rotatable bonds is 7. The highest BCUT2D eigenvalue weighted by Crippen LogP contribution is 2.13. The number of carbonyl (C=O) groups is 2. The Kier molecular flexibility index (Phi) is 7.36. The summed E-state index contributed by atoms with van der Waals surface area (Å²) in [6, 6.07) is 6.76. The Morgan fingerprint density at radius 2 is 2.00 bits per heavy atom. The van der Waals surface area contributed by atoms with Crippen LogP contribution in [0, 0.1) is 0 Å². The molecule has 0 bridgehead atoms. The summed E-state index contributed by atoms with van der Waals surface area (Å²) in [4.78, 5) is 27.6. The fourth-order valence-electron chi connectivity index (χ4n) is 2.76. The Hall–Kier alpha value is -1.96. The zero-order chi connectivity index (χ0) is 18.2. The van der Waals surface area contributed by atoms with E-state index in [2.05, 4.69) is 10.2 Å². The maximum Gasteiger partial charge on any atom is 0.321 e. The molecule has 1 saturated heterocycles. The monoisotopic (exact) mass is 349 g/mol. The van der Waals surface area contributed by atoms with Crippen LogP contribution in [0.3, 0.4) is 0 Å². The van der Waals surface area contributed by atoms with E-state index in [1.165, 1.54) is 6.92 Å². The number of carbonyl (C=O) groups excluding carboxylic acids is 2. The minimum absolute atomic E-state index is 0.0321. The third-order valence-electron chi connectivity index (χ3n) is 4.16. The molecule has 138 valence electrons. The lowest BCUT2D eigenvalue weighted by atomic mass is 10.1. The number of aliphatic hydroxyl groups is 1. The molecule has 0 aromatic heterocycles. The summed E-state index contributed by atoms with van der Waals surface area (Å²) >= 11 is 0. The Morgan fingerprint density at radius 1 is 1.28 bits per heavy atom. The molecule has 25 heavy (non-hydrogen) atoms. The molecule has 0 saturated carbocycles. The first-order chi connectivity index (χ1) is 12.0. The van der Waals surface area contributed by atoms with Crippen molar-refractivity contribution in [1.82, 2.24) is 9.80 Å². The van der Waals surface area contributed by atoms with Gasteiger partial charge in [-0.3, -0.25) is 9.69 Å². The van der Waals surface area contributed by atoms with Crippen LogP contribution >= 0.6 is 0 Å². The van der Waals surface area contributed by atoms with E-state index in [1.807, 2.05) is 6.92 Å². The number of aliphatic hydroxyl groups excluding tert-OH is 1. The van der Waals surface area contributed by atoms with Gasteiger partial charge in [0.05, 0.1) is 12.7 Å². The first kappa shape index (κ1) is 19.4. The first-order valence-corrected chi connectivity index (χ1v) is 8.64. The van der Waals surface area contributed by atoms with Crippen molar-refractivity contribution in [3.8, 4) is 0 Å². The van der Waals surface area contributed by atoms with Gasteiger partial charge in [-0.1, -0.05) is 12.1 Å². The van der Waals surface area contributed by atoms with Crippen LogP contribution in [0.2, 0.25) is 0 Å². The van der Waals surface area contributed by atoms with Gasteiger partial charge in [0.2, 0.25) is 0 Å². The molecule has 0 spiro atoms. The van der Waals surface area contributed by atoms with Crippen molar-refractivity contribution >= 4 is 17.5 Å². The molecule has 0 unspecified atom stereocenters. The van der Waals surface area contributed by atoms with Gasteiger partial charge >= 0.3 is 6.03 Å². The van der Waals surface area contributed by atoms with E-state index in [0.29, 0.717) is 57.2 Å². The fraction of sp³-hybridized carbons (Fsp3) is 0.556. The highest BCUT2D eigenvalue weighted by Gasteiger charge is 2.22. The minimum Gasteiger partial charge on any atom is -0.389 e. The standard InChI is InChI=1S/C18H27N3O4/c1-3-25-13-17(23)12-20-7-9-21(10-8-20)18(24)19-16-6-4-5-15(11-16)14(2)22/h4-6,11,17,23H,3,7-10,12-13H2,1-2H3,(H,19,24)/t17-/m1/s1. The normalized spacial score (nSPS) is 16.5. The minimum atomic E-state index is -0.505. The van der Waals surface area contributed by atoms with Gasteiger partial charge in [0.25, 0.3) is 0 Å². The number of nitrogens with zero attached hydrogens (tertiary/aromatic N) is 2. The largest absolute Gasteiger partial charge is 0.389 e. The lowest BCUT2D eigenvalue weighted by molar-refractivity contribution is 0.0139. The number of hydrogen-bond acceptors (Lipinski definition) is 5. The zero-order valence-corrected chi connectivity index (χ0v) is 14.9. The lowest BCUT2D eigenvalue weighted by Gasteiger charge is -2.35. The number of ketones is 1. The highest BCUT2D eigenvalue weighted by atomic mass is 16.5. The topological polar surface area (TPSA) is 82.1 Å².